The number of para-hydroxylation sites is 1. The average Bonchev–Trinajstić information content (AvgIpc) is 3.15. The van der Waals surface area contributed by atoms with Crippen molar-refractivity contribution in [3.8, 4) is 11.6 Å². The highest BCUT2D eigenvalue weighted by molar-refractivity contribution is 5.90. The third kappa shape index (κ3) is 3.44. The van der Waals surface area contributed by atoms with E-state index in [0.29, 0.717) is 5.75 Å². The summed E-state index contributed by atoms with van der Waals surface area (Å²) in [5.74, 6) is 0.0532. The van der Waals surface area contributed by atoms with Crippen molar-refractivity contribution in [2.45, 2.75) is 31.5 Å². The van der Waals surface area contributed by atoms with Gasteiger partial charge in [-0.3, -0.25) is 4.79 Å². The highest BCUT2D eigenvalue weighted by Crippen LogP contribution is 2.66. The zero-order chi connectivity index (χ0) is 20.6. The fraction of sp³-hybridized carbons (Fsp3) is 0.400. The lowest BCUT2D eigenvalue weighted by Gasteiger charge is -2.18. The second-order valence-corrected chi connectivity index (χ2v) is 7.10. The lowest BCUT2D eigenvalue weighted by molar-refractivity contribution is -0.181. The van der Waals surface area contributed by atoms with Crippen LogP contribution in [0, 0.1) is 5.41 Å². The molecule has 0 N–H and O–H groups in total. The van der Waals surface area contributed by atoms with Gasteiger partial charge in [-0.2, -0.15) is 13.2 Å². The molecular weight excluding hydrogens is 375 g/mol. The summed E-state index contributed by atoms with van der Waals surface area (Å²) in [5, 5.41) is 0. The fourth-order valence-electron chi connectivity index (χ4n) is 3.63. The van der Waals surface area contributed by atoms with Crippen molar-refractivity contribution in [3.05, 3.63) is 54.2 Å². The summed E-state index contributed by atoms with van der Waals surface area (Å²) >= 11 is 0. The number of ether oxygens (including phenoxy) is 3. The van der Waals surface area contributed by atoms with E-state index in [-0.39, 0.29) is 11.6 Å². The minimum atomic E-state index is -4.51. The van der Waals surface area contributed by atoms with E-state index in [1.54, 1.807) is 56.3 Å². The standard InChI is InChI=1S/C20H20F3NO4/c1-18(2)16(27-12-19(21,22)23)20(18,17(25)26-3)14-10-7-11-15(24-14)28-13-8-5-4-6-9-13/h4-11,16H,12H2,1-3H3. The predicted octanol–water partition coefficient (Wildman–Crippen LogP) is 4.27. The molecular formula is C20H20F3NO4. The zero-order valence-electron chi connectivity index (χ0n) is 15.6. The molecule has 1 fully saturated rings. The van der Waals surface area contributed by atoms with Gasteiger partial charge in [0.25, 0.3) is 0 Å². The van der Waals surface area contributed by atoms with E-state index in [2.05, 4.69) is 4.98 Å². The Morgan fingerprint density at radius 1 is 1.11 bits per heavy atom. The normalized spacial score (nSPS) is 23.1. The van der Waals surface area contributed by atoms with E-state index in [1.165, 1.54) is 7.11 Å². The number of esters is 1. The van der Waals surface area contributed by atoms with Gasteiger partial charge in [-0.25, -0.2) is 4.98 Å². The summed E-state index contributed by atoms with van der Waals surface area (Å²) in [5.41, 5.74) is -2.16. The molecule has 1 saturated carbocycles. The molecule has 0 bridgehead atoms. The highest BCUT2D eigenvalue weighted by Gasteiger charge is 2.80. The number of rotatable bonds is 6. The summed E-state index contributed by atoms with van der Waals surface area (Å²) in [6.45, 7) is 1.84. The number of carbonyl (C=O) groups excluding carboxylic acids is 1. The third-order valence-electron chi connectivity index (χ3n) is 5.00. The molecule has 0 amide bonds. The Kier molecular flexibility index (Phi) is 5.10. The monoisotopic (exact) mass is 395 g/mol. The second kappa shape index (κ2) is 7.09. The maximum atomic E-state index is 12.7. The largest absolute Gasteiger partial charge is 0.468 e. The molecule has 3 rings (SSSR count). The van der Waals surface area contributed by atoms with Crippen LogP contribution in [0.15, 0.2) is 48.5 Å². The van der Waals surface area contributed by atoms with Gasteiger partial charge in [0, 0.05) is 11.5 Å². The Labute approximate surface area is 160 Å². The minimum absolute atomic E-state index is 0.212. The van der Waals surface area contributed by atoms with Gasteiger partial charge in [0.05, 0.1) is 18.9 Å². The van der Waals surface area contributed by atoms with E-state index in [0.717, 1.165) is 0 Å². The molecule has 1 heterocycles. The smallest absolute Gasteiger partial charge is 0.411 e. The van der Waals surface area contributed by atoms with Crippen molar-refractivity contribution in [1.82, 2.24) is 4.98 Å². The lowest BCUT2D eigenvalue weighted by Crippen LogP contribution is -2.31. The molecule has 1 aliphatic rings. The number of alkyl halides is 3. The highest BCUT2D eigenvalue weighted by atomic mass is 19.4. The van der Waals surface area contributed by atoms with Gasteiger partial charge in [0.1, 0.15) is 17.8 Å². The molecule has 2 atom stereocenters. The van der Waals surface area contributed by atoms with Crippen LogP contribution in [0.4, 0.5) is 13.2 Å². The minimum Gasteiger partial charge on any atom is -0.468 e. The van der Waals surface area contributed by atoms with E-state index in [1.807, 2.05) is 6.07 Å². The zero-order valence-corrected chi connectivity index (χ0v) is 15.6. The van der Waals surface area contributed by atoms with Crippen molar-refractivity contribution in [3.63, 3.8) is 0 Å². The van der Waals surface area contributed by atoms with Crippen LogP contribution < -0.4 is 4.74 Å². The number of hydrogen-bond acceptors (Lipinski definition) is 5. The van der Waals surface area contributed by atoms with E-state index < -0.39 is 35.7 Å². The Morgan fingerprint density at radius 3 is 2.39 bits per heavy atom. The van der Waals surface area contributed by atoms with Crippen molar-refractivity contribution in [1.29, 1.82) is 0 Å². The molecule has 1 aromatic carbocycles. The van der Waals surface area contributed by atoms with Crippen LogP contribution >= 0.6 is 0 Å². The molecule has 2 aromatic rings. The first kappa shape index (κ1) is 20.1. The topological polar surface area (TPSA) is 57.7 Å². The third-order valence-corrected chi connectivity index (χ3v) is 5.00. The number of halogens is 3. The van der Waals surface area contributed by atoms with Crippen molar-refractivity contribution >= 4 is 5.97 Å². The number of nitrogens with zero attached hydrogens (tertiary/aromatic N) is 1. The van der Waals surface area contributed by atoms with Crippen LogP contribution in [0.1, 0.15) is 19.5 Å². The first-order chi connectivity index (χ1) is 13.1. The lowest BCUT2D eigenvalue weighted by atomic mass is 9.91. The van der Waals surface area contributed by atoms with Gasteiger partial charge in [0.2, 0.25) is 5.88 Å². The molecule has 0 aliphatic heterocycles. The Balaban J connectivity index is 1.95. The van der Waals surface area contributed by atoms with Crippen molar-refractivity contribution < 1.29 is 32.2 Å². The van der Waals surface area contributed by atoms with E-state index >= 15 is 0 Å². The average molecular weight is 395 g/mol. The van der Waals surface area contributed by atoms with Crippen molar-refractivity contribution in [2.24, 2.45) is 5.41 Å². The molecule has 5 nitrogen and oxygen atoms in total. The van der Waals surface area contributed by atoms with Crippen LogP contribution in [0.2, 0.25) is 0 Å². The number of hydrogen-bond donors (Lipinski definition) is 0. The number of aromatic nitrogens is 1. The number of carbonyl (C=O) groups is 1. The Hall–Kier alpha value is -2.61. The van der Waals surface area contributed by atoms with Crippen LogP contribution in [0.5, 0.6) is 11.6 Å². The molecule has 28 heavy (non-hydrogen) atoms. The van der Waals surface area contributed by atoms with Crippen LogP contribution in [0.3, 0.4) is 0 Å². The van der Waals surface area contributed by atoms with Gasteiger partial charge in [-0.15, -0.1) is 0 Å². The maximum Gasteiger partial charge on any atom is 0.411 e. The maximum absolute atomic E-state index is 12.7. The van der Waals surface area contributed by atoms with Gasteiger partial charge in [-0.05, 0) is 18.2 Å². The van der Waals surface area contributed by atoms with Gasteiger partial charge >= 0.3 is 12.1 Å². The second-order valence-electron chi connectivity index (χ2n) is 7.10. The summed E-state index contributed by atoms with van der Waals surface area (Å²) in [7, 11) is 1.18. The molecule has 0 saturated heterocycles. The van der Waals surface area contributed by atoms with E-state index in [4.69, 9.17) is 14.2 Å². The van der Waals surface area contributed by atoms with Crippen LogP contribution in [-0.4, -0.2) is 37.0 Å². The number of pyridine rings is 1. The predicted molar refractivity (Wildman–Crippen MR) is 94.0 cm³/mol. The summed E-state index contributed by atoms with van der Waals surface area (Å²) in [4.78, 5) is 17.0. The molecule has 2 unspecified atom stereocenters. The van der Waals surface area contributed by atoms with Crippen LogP contribution in [0.25, 0.3) is 0 Å². The quantitative estimate of drug-likeness (QED) is 0.684. The summed E-state index contributed by atoms with van der Waals surface area (Å²) in [6, 6.07) is 13.7. The van der Waals surface area contributed by atoms with Crippen molar-refractivity contribution in [2.75, 3.05) is 13.7 Å². The first-order valence-electron chi connectivity index (χ1n) is 8.60. The van der Waals surface area contributed by atoms with E-state index in [9.17, 15) is 18.0 Å². The SMILES string of the molecule is COC(=O)C1(c2cccc(Oc3ccccc3)n2)C(OCC(F)(F)F)C1(C)C. The summed E-state index contributed by atoms with van der Waals surface area (Å²) < 4.78 is 53.7. The molecule has 8 heteroatoms. The number of methoxy groups -OCH3 is 1. The van der Waals surface area contributed by atoms with Gasteiger partial charge in [0.15, 0.2) is 0 Å². The molecule has 150 valence electrons. The molecule has 1 aromatic heterocycles. The fourth-order valence-corrected chi connectivity index (χ4v) is 3.63. The molecule has 0 spiro atoms. The molecule has 1 aliphatic carbocycles. The van der Waals surface area contributed by atoms with Crippen LogP contribution in [-0.2, 0) is 19.7 Å². The first-order valence-corrected chi connectivity index (χ1v) is 8.60. The summed E-state index contributed by atoms with van der Waals surface area (Å²) in [6.07, 6.45) is -5.54. The van der Waals surface area contributed by atoms with Gasteiger partial charge < -0.3 is 14.2 Å². The Bertz CT molecular complexity index is 854. The van der Waals surface area contributed by atoms with Gasteiger partial charge in [-0.1, -0.05) is 38.1 Å². The Morgan fingerprint density at radius 2 is 1.79 bits per heavy atom. The molecule has 0 radical (unpaired) electrons. The number of benzene rings is 1.